The molecule has 7 heteroatoms. The Morgan fingerprint density at radius 3 is 2.58 bits per heavy atom. The van der Waals surface area contributed by atoms with Gasteiger partial charge in [0.25, 0.3) is 0 Å². The van der Waals surface area contributed by atoms with Gasteiger partial charge in [0, 0.05) is 12.8 Å². The number of hydrogen-bond donors (Lipinski definition) is 0. The third-order valence-electron chi connectivity index (χ3n) is 3.36. The number of rotatable bonds is 6. The minimum Gasteiger partial charge on any atom is -0.486 e. The highest BCUT2D eigenvalue weighted by Crippen LogP contribution is 2.22. The van der Waals surface area contributed by atoms with Crippen LogP contribution >= 0.6 is 11.8 Å². The molecule has 1 heterocycles. The summed E-state index contributed by atoms with van der Waals surface area (Å²) in [6.45, 7) is 0.232. The van der Waals surface area contributed by atoms with Crippen molar-refractivity contribution < 1.29 is 13.5 Å². The summed E-state index contributed by atoms with van der Waals surface area (Å²) < 4.78 is 33.4. The molecule has 0 spiro atoms. The minimum absolute atomic E-state index is 0.232. The van der Waals surface area contributed by atoms with Crippen LogP contribution in [-0.2, 0) is 19.4 Å². The lowest BCUT2D eigenvalue weighted by molar-refractivity contribution is 0.290. The molecule has 0 aliphatic carbocycles. The van der Waals surface area contributed by atoms with Gasteiger partial charge in [-0.1, -0.05) is 23.9 Å². The van der Waals surface area contributed by atoms with E-state index in [-0.39, 0.29) is 18.2 Å². The van der Waals surface area contributed by atoms with Crippen LogP contribution < -0.4 is 4.74 Å². The third kappa shape index (κ3) is 4.11. The predicted octanol–water partition coefficient (Wildman–Crippen LogP) is 3.96. The van der Waals surface area contributed by atoms with Gasteiger partial charge in [-0.3, -0.25) is 0 Å². The molecule has 0 aliphatic heterocycles. The molecule has 1 aromatic heterocycles. The van der Waals surface area contributed by atoms with Crippen LogP contribution in [0.4, 0.5) is 8.78 Å². The van der Waals surface area contributed by atoms with Crippen LogP contribution in [-0.4, -0.2) is 14.8 Å². The first kappa shape index (κ1) is 16.4. The Morgan fingerprint density at radius 2 is 1.83 bits per heavy atom. The second kappa shape index (κ2) is 7.44. The summed E-state index contributed by atoms with van der Waals surface area (Å²) in [4.78, 5) is 0. The number of halogens is 2. The number of thioether (sulfide) groups is 1. The monoisotopic (exact) mass is 347 g/mol. The topological polar surface area (TPSA) is 39.9 Å². The molecule has 0 atom stereocenters. The Kier molecular flexibility index (Phi) is 5.10. The molecule has 0 bridgehead atoms. The summed E-state index contributed by atoms with van der Waals surface area (Å²) in [6, 6.07) is 12.3. The molecule has 0 radical (unpaired) electrons. The van der Waals surface area contributed by atoms with Crippen molar-refractivity contribution in [3.8, 4) is 5.75 Å². The maximum atomic E-state index is 13.2. The number of nitrogens with zero attached hydrogens (tertiary/aromatic N) is 3. The number of ether oxygens (including phenoxy) is 1. The normalized spacial score (nSPS) is 10.8. The van der Waals surface area contributed by atoms with Gasteiger partial charge >= 0.3 is 0 Å². The molecule has 24 heavy (non-hydrogen) atoms. The minimum atomic E-state index is -0.308. The highest BCUT2D eigenvalue weighted by atomic mass is 32.2. The first-order valence-electron chi connectivity index (χ1n) is 7.26. The largest absolute Gasteiger partial charge is 0.486 e. The van der Waals surface area contributed by atoms with Gasteiger partial charge in [0.15, 0.2) is 11.0 Å². The zero-order valence-electron chi connectivity index (χ0n) is 12.9. The Bertz CT molecular complexity index is 821. The molecule has 3 aromatic rings. The first-order valence-corrected chi connectivity index (χ1v) is 8.24. The molecule has 0 saturated carbocycles. The van der Waals surface area contributed by atoms with E-state index in [1.165, 1.54) is 36.0 Å². The van der Waals surface area contributed by atoms with Gasteiger partial charge in [-0.15, -0.1) is 10.2 Å². The Balaban J connectivity index is 1.60. The van der Waals surface area contributed by atoms with Crippen LogP contribution in [0.1, 0.15) is 11.4 Å². The second-order valence-corrected chi connectivity index (χ2v) is 6.06. The van der Waals surface area contributed by atoms with E-state index in [4.69, 9.17) is 4.74 Å². The zero-order valence-corrected chi connectivity index (χ0v) is 13.8. The Hall–Kier alpha value is -2.41. The molecule has 0 N–H and O–H groups in total. The summed E-state index contributed by atoms with van der Waals surface area (Å²) >= 11 is 1.47. The standard InChI is InChI=1S/C17H15F2N3OS/c1-22-16(10-23-15-7-5-13(18)6-8-15)20-21-17(22)24-11-12-3-2-4-14(19)9-12/h2-9H,10-11H2,1H3. The van der Waals surface area contributed by atoms with Crippen molar-refractivity contribution in [3.63, 3.8) is 0 Å². The Labute approximate surface area is 142 Å². The number of aromatic nitrogens is 3. The molecule has 0 amide bonds. The van der Waals surface area contributed by atoms with E-state index in [1.54, 1.807) is 18.2 Å². The zero-order chi connectivity index (χ0) is 16.9. The molecule has 0 unspecified atom stereocenters. The third-order valence-corrected chi connectivity index (χ3v) is 4.45. The van der Waals surface area contributed by atoms with Gasteiger partial charge in [0.05, 0.1) is 0 Å². The average molecular weight is 347 g/mol. The van der Waals surface area contributed by atoms with E-state index in [0.29, 0.717) is 17.3 Å². The van der Waals surface area contributed by atoms with Gasteiger partial charge in [-0.25, -0.2) is 8.78 Å². The van der Waals surface area contributed by atoms with Crippen LogP contribution in [0.3, 0.4) is 0 Å². The summed E-state index contributed by atoms with van der Waals surface area (Å²) in [6.07, 6.45) is 0. The van der Waals surface area contributed by atoms with Crippen LogP contribution in [0.25, 0.3) is 0 Å². The highest BCUT2D eigenvalue weighted by molar-refractivity contribution is 7.98. The summed E-state index contributed by atoms with van der Waals surface area (Å²) in [5, 5.41) is 8.94. The second-order valence-electron chi connectivity index (χ2n) is 5.12. The van der Waals surface area contributed by atoms with Crippen molar-refractivity contribution in [1.82, 2.24) is 14.8 Å². The van der Waals surface area contributed by atoms with Crippen LogP contribution in [0.5, 0.6) is 5.75 Å². The van der Waals surface area contributed by atoms with Crippen molar-refractivity contribution in [2.24, 2.45) is 7.05 Å². The smallest absolute Gasteiger partial charge is 0.191 e. The van der Waals surface area contributed by atoms with Crippen LogP contribution in [0.15, 0.2) is 53.7 Å². The average Bonchev–Trinajstić information content (AvgIpc) is 2.93. The van der Waals surface area contributed by atoms with Crippen molar-refractivity contribution in [3.05, 3.63) is 71.6 Å². The van der Waals surface area contributed by atoms with Crippen molar-refractivity contribution in [1.29, 1.82) is 0 Å². The molecular formula is C17H15F2N3OS. The van der Waals surface area contributed by atoms with Gasteiger partial charge in [0.1, 0.15) is 24.0 Å². The molecule has 0 saturated heterocycles. The lowest BCUT2D eigenvalue weighted by Crippen LogP contribution is -2.04. The molecule has 2 aromatic carbocycles. The SMILES string of the molecule is Cn1c(COc2ccc(F)cc2)nnc1SCc1cccc(F)c1. The number of benzene rings is 2. The number of hydrogen-bond acceptors (Lipinski definition) is 4. The fraction of sp³-hybridized carbons (Fsp3) is 0.176. The van der Waals surface area contributed by atoms with E-state index < -0.39 is 0 Å². The van der Waals surface area contributed by atoms with Crippen molar-refractivity contribution in [2.75, 3.05) is 0 Å². The fourth-order valence-corrected chi connectivity index (χ4v) is 2.92. The van der Waals surface area contributed by atoms with E-state index in [0.717, 1.165) is 10.7 Å². The molecule has 0 fully saturated rings. The van der Waals surface area contributed by atoms with Crippen LogP contribution in [0.2, 0.25) is 0 Å². The predicted molar refractivity (Wildman–Crippen MR) is 87.7 cm³/mol. The Morgan fingerprint density at radius 1 is 1.04 bits per heavy atom. The maximum absolute atomic E-state index is 13.2. The van der Waals surface area contributed by atoms with Gasteiger partial charge in [-0.2, -0.15) is 0 Å². The quantitative estimate of drug-likeness (QED) is 0.633. The molecule has 0 aliphatic rings. The van der Waals surface area contributed by atoms with Crippen molar-refractivity contribution in [2.45, 2.75) is 17.5 Å². The van der Waals surface area contributed by atoms with Crippen LogP contribution in [0, 0.1) is 11.6 Å². The first-order chi connectivity index (χ1) is 11.6. The lowest BCUT2D eigenvalue weighted by Gasteiger charge is -2.06. The highest BCUT2D eigenvalue weighted by Gasteiger charge is 2.10. The molecule has 4 nitrogen and oxygen atoms in total. The van der Waals surface area contributed by atoms with E-state index in [1.807, 2.05) is 17.7 Å². The molecule has 124 valence electrons. The van der Waals surface area contributed by atoms with Crippen molar-refractivity contribution >= 4 is 11.8 Å². The lowest BCUT2D eigenvalue weighted by atomic mass is 10.2. The van der Waals surface area contributed by atoms with E-state index >= 15 is 0 Å². The summed E-state index contributed by atoms with van der Waals surface area (Å²) in [5.41, 5.74) is 0.882. The summed E-state index contributed by atoms with van der Waals surface area (Å²) in [7, 11) is 1.84. The fourth-order valence-electron chi connectivity index (χ4n) is 2.05. The summed E-state index contributed by atoms with van der Waals surface area (Å²) in [5.74, 6) is 1.26. The van der Waals surface area contributed by atoms with Gasteiger partial charge in [-0.05, 0) is 42.0 Å². The van der Waals surface area contributed by atoms with E-state index in [9.17, 15) is 8.78 Å². The maximum Gasteiger partial charge on any atom is 0.191 e. The van der Waals surface area contributed by atoms with Gasteiger partial charge < -0.3 is 9.30 Å². The molecule has 3 rings (SSSR count). The van der Waals surface area contributed by atoms with Gasteiger partial charge in [0.2, 0.25) is 0 Å². The molecular weight excluding hydrogens is 332 g/mol. The van der Waals surface area contributed by atoms with E-state index in [2.05, 4.69) is 10.2 Å².